The number of hydrogen-bond donors (Lipinski definition) is 2. The number of carbonyl (C=O) groups excluding carboxylic acids is 2. The molecule has 220 valence electrons. The number of ether oxygens (including phenoxy) is 2. The summed E-state index contributed by atoms with van der Waals surface area (Å²) in [5.41, 5.74) is 5.52. The number of aromatic nitrogens is 2. The van der Waals surface area contributed by atoms with Gasteiger partial charge in [-0.15, -0.1) is 11.3 Å². The molecule has 0 unspecified atom stereocenters. The van der Waals surface area contributed by atoms with Crippen LogP contribution in [-0.2, 0) is 14.3 Å². The van der Waals surface area contributed by atoms with Gasteiger partial charge in [-0.25, -0.2) is 4.98 Å². The second-order valence-electron chi connectivity index (χ2n) is 10.7. The largest absolute Gasteiger partial charge is 0.459 e. The number of anilines is 1. The van der Waals surface area contributed by atoms with Crippen LogP contribution >= 0.6 is 11.3 Å². The molecule has 2 atom stereocenters. The number of aliphatic hydroxyl groups is 1. The normalized spacial score (nSPS) is 16.7. The molecule has 3 aromatic carbocycles. The zero-order chi connectivity index (χ0) is 29.9. The number of benzene rings is 3. The molecule has 8 nitrogen and oxygen atoms in total. The van der Waals surface area contributed by atoms with Crippen molar-refractivity contribution in [1.29, 1.82) is 0 Å². The Bertz CT molecular complexity index is 1820. The third-order valence-corrected chi connectivity index (χ3v) is 8.62. The molecule has 1 aliphatic rings. The molecule has 5 aromatic rings. The van der Waals surface area contributed by atoms with Gasteiger partial charge in [0.05, 0.1) is 22.3 Å². The van der Waals surface area contributed by atoms with Gasteiger partial charge in [0.2, 0.25) is 12.2 Å². The third kappa shape index (κ3) is 6.24. The topological polar surface area (TPSA) is 103 Å². The van der Waals surface area contributed by atoms with E-state index in [1.807, 2.05) is 66.9 Å². The zero-order valence-corrected chi connectivity index (χ0v) is 24.9. The van der Waals surface area contributed by atoms with Crippen molar-refractivity contribution in [2.24, 2.45) is 0 Å². The van der Waals surface area contributed by atoms with Crippen LogP contribution in [0.5, 0.6) is 0 Å². The molecule has 9 heteroatoms. The van der Waals surface area contributed by atoms with Gasteiger partial charge in [0.15, 0.2) is 5.76 Å². The summed E-state index contributed by atoms with van der Waals surface area (Å²) in [6.07, 6.45) is 4.79. The number of nitrogens with one attached hydrogen (secondary N) is 1. The third-order valence-electron chi connectivity index (χ3n) is 7.55. The zero-order valence-electron chi connectivity index (χ0n) is 24.1. The number of aliphatic hydroxyl groups excluding tert-OH is 1. The molecule has 6 rings (SSSR count). The first-order chi connectivity index (χ1) is 20.9. The van der Waals surface area contributed by atoms with Crippen molar-refractivity contribution in [2.45, 2.75) is 45.3 Å². The highest BCUT2D eigenvalue weighted by Crippen LogP contribution is 2.37. The molecule has 43 heavy (non-hydrogen) atoms. The summed E-state index contributed by atoms with van der Waals surface area (Å²) in [6, 6.07) is 21.6. The maximum absolute atomic E-state index is 13.5. The highest BCUT2D eigenvalue weighted by atomic mass is 32.1. The van der Waals surface area contributed by atoms with Crippen LogP contribution in [0, 0.1) is 6.92 Å². The van der Waals surface area contributed by atoms with Gasteiger partial charge in [-0.1, -0.05) is 24.3 Å². The van der Waals surface area contributed by atoms with Crippen LogP contribution in [0.15, 0.2) is 84.8 Å². The average molecular weight is 596 g/mol. The molecule has 0 spiro atoms. The lowest BCUT2D eigenvalue weighted by molar-refractivity contribution is -0.143. The van der Waals surface area contributed by atoms with E-state index in [1.54, 1.807) is 15.9 Å². The Hall–Kier alpha value is -4.31. The van der Waals surface area contributed by atoms with E-state index >= 15 is 0 Å². The molecule has 0 radical (unpaired) electrons. The Morgan fingerprint density at radius 2 is 1.93 bits per heavy atom. The number of rotatable bonds is 9. The Morgan fingerprint density at radius 1 is 1.12 bits per heavy atom. The fraction of sp³-hybridized carbons (Fsp3) is 0.265. The Labute approximate surface area is 253 Å². The molecule has 3 heterocycles. The standard InChI is InChI=1S/C34H33N3O5S/c1-21-9-14-28-31(17-21)43-34(36-28)23-10-12-25(13-11-23)35-33(40)30-18-24(19-32(42-30)41-16-6-5-15-38)27-20-37(22(2)39)29-8-4-3-7-26(27)29/h3-4,7-14,17-18,20,24,32,38H,5-6,15-16,19H2,1-2H3,(H,35,40)/t24-,32+/m0/s1. The van der Waals surface area contributed by atoms with Crippen molar-refractivity contribution < 1.29 is 24.2 Å². The Kier molecular flexibility index (Phi) is 8.38. The van der Waals surface area contributed by atoms with Gasteiger partial charge in [-0.3, -0.25) is 14.2 Å². The molecule has 1 amide bonds. The number of para-hydroxylation sites is 1. The number of fused-ring (bicyclic) bond motifs is 2. The van der Waals surface area contributed by atoms with Crippen molar-refractivity contribution in [1.82, 2.24) is 9.55 Å². The highest BCUT2D eigenvalue weighted by Gasteiger charge is 2.31. The fourth-order valence-corrected chi connectivity index (χ4v) is 6.44. The SMILES string of the molecule is CC(=O)n1cc([C@H]2C=C(C(=O)Nc3ccc(-c4nc5ccc(C)cc5s4)cc3)O[C@@H](OCCCCO)C2)c2ccccc21. The average Bonchev–Trinajstić information content (AvgIpc) is 3.61. The van der Waals surface area contributed by atoms with Crippen LogP contribution < -0.4 is 5.32 Å². The van der Waals surface area contributed by atoms with E-state index in [0.717, 1.165) is 37.3 Å². The first-order valence-electron chi connectivity index (χ1n) is 14.4. The van der Waals surface area contributed by atoms with Crippen molar-refractivity contribution in [3.63, 3.8) is 0 Å². The van der Waals surface area contributed by atoms with E-state index < -0.39 is 6.29 Å². The van der Waals surface area contributed by atoms with Gasteiger partial charge < -0.3 is 19.9 Å². The van der Waals surface area contributed by atoms with Gasteiger partial charge in [-0.05, 0) is 79.4 Å². The molecule has 0 saturated carbocycles. The summed E-state index contributed by atoms with van der Waals surface area (Å²) in [7, 11) is 0. The van der Waals surface area contributed by atoms with Crippen molar-refractivity contribution in [3.05, 3.63) is 95.9 Å². The molecule has 0 fully saturated rings. The van der Waals surface area contributed by atoms with E-state index in [4.69, 9.17) is 19.6 Å². The summed E-state index contributed by atoms with van der Waals surface area (Å²) in [6.45, 7) is 4.09. The predicted octanol–water partition coefficient (Wildman–Crippen LogP) is 7.03. The van der Waals surface area contributed by atoms with Crippen molar-refractivity contribution >= 4 is 50.0 Å². The highest BCUT2D eigenvalue weighted by molar-refractivity contribution is 7.21. The van der Waals surface area contributed by atoms with Crippen LogP contribution in [0.25, 0.3) is 31.7 Å². The lowest BCUT2D eigenvalue weighted by Crippen LogP contribution is -2.29. The fourth-order valence-electron chi connectivity index (χ4n) is 5.37. The number of aryl methyl sites for hydroxylation is 1. The summed E-state index contributed by atoms with van der Waals surface area (Å²) in [5, 5.41) is 14.0. The molecule has 0 saturated heterocycles. The van der Waals surface area contributed by atoms with E-state index in [0.29, 0.717) is 31.6 Å². The summed E-state index contributed by atoms with van der Waals surface area (Å²) in [5.74, 6) is -0.522. The minimum atomic E-state index is -0.654. The minimum Gasteiger partial charge on any atom is -0.459 e. The summed E-state index contributed by atoms with van der Waals surface area (Å²) in [4.78, 5) is 30.6. The first-order valence-corrected chi connectivity index (χ1v) is 15.2. The molecule has 1 aliphatic heterocycles. The van der Waals surface area contributed by atoms with E-state index in [-0.39, 0.29) is 30.1 Å². The molecule has 2 aromatic heterocycles. The van der Waals surface area contributed by atoms with Gasteiger partial charge >= 0.3 is 0 Å². The molecule has 0 aliphatic carbocycles. The van der Waals surface area contributed by atoms with E-state index in [2.05, 4.69) is 24.4 Å². The molecular formula is C34H33N3O5S. The van der Waals surface area contributed by atoms with Crippen LogP contribution in [0.4, 0.5) is 5.69 Å². The smallest absolute Gasteiger partial charge is 0.290 e. The van der Waals surface area contributed by atoms with Gasteiger partial charge in [-0.2, -0.15) is 0 Å². The van der Waals surface area contributed by atoms with Gasteiger partial charge in [0, 0.05) is 48.7 Å². The monoisotopic (exact) mass is 595 g/mol. The number of amides is 1. The minimum absolute atomic E-state index is 0.0855. The molecule has 2 N–H and O–H groups in total. The van der Waals surface area contributed by atoms with E-state index in [9.17, 15) is 9.59 Å². The predicted molar refractivity (Wildman–Crippen MR) is 169 cm³/mol. The number of hydrogen-bond acceptors (Lipinski definition) is 7. The number of unbranched alkanes of at least 4 members (excludes halogenated alkanes) is 1. The summed E-state index contributed by atoms with van der Waals surface area (Å²) >= 11 is 1.64. The van der Waals surface area contributed by atoms with Crippen LogP contribution in [0.1, 0.15) is 48.0 Å². The maximum atomic E-state index is 13.5. The second kappa shape index (κ2) is 12.5. The maximum Gasteiger partial charge on any atom is 0.290 e. The van der Waals surface area contributed by atoms with Crippen molar-refractivity contribution in [3.8, 4) is 10.6 Å². The number of carbonyl (C=O) groups is 2. The number of nitrogens with zero attached hydrogens (tertiary/aromatic N) is 2. The summed E-state index contributed by atoms with van der Waals surface area (Å²) < 4.78 is 14.8. The second-order valence-corrected chi connectivity index (χ2v) is 11.8. The quantitative estimate of drug-likeness (QED) is 0.177. The van der Waals surface area contributed by atoms with E-state index in [1.165, 1.54) is 12.5 Å². The first kappa shape index (κ1) is 28.8. The van der Waals surface area contributed by atoms with Crippen LogP contribution in [0.2, 0.25) is 0 Å². The lowest BCUT2D eigenvalue weighted by Gasteiger charge is -2.29. The number of allylic oxidation sites excluding steroid dienone is 1. The van der Waals surface area contributed by atoms with Crippen LogP contribution in [0.3, 0.4) is 0 Å². The Balaban J connectivity index is 1.24. The van der Waals surface area contributed by atoms with Gasteiger partial charge in [0.1, 0.15) is 5.01 Å². The van der Waals surface area contributed by atoms with Gasteiger partial charge in [0.25, 0.3) is 5.91 Å². The van der Waals surface area contributed by atoms with Crippen molar-refractivity contribution in [2.75, 3.05) is 18.5 Å². The van der Waals surface area contributed by atoms with Crippen LogP contribution in [-0.4, -0.2) is 46.0 Å². The Morgan fingerprint density at radius 3 is 2.72 bits per heavy atom. The number of thiazole rings is 1. The molecular weight excluding hydrogens is 562 g/mol. The molecule has 0 bridgehead atoms. The lowest BCUT2D eigenvalue weighted by atomic mass is 9.92.